The van der Waals surface area contributed by atoms with E-state index in [0.717, 1.165) is 57.5 Å². The zero-order valence-electron chi connectivity index (χ0n) is 22.8. The number of urea groups is 1. The molecule has 8 heteroatoms. The third-order valence-electron chi connectivity index (χ3n) is 6.89. The van der Waals surface area contributed by atoms with Crippen LogP contribution < -0.4 is 20.7 Å². The molecule has 3 rings (SSSR count). The number of amides is 2. The van der Waals surface area contributed by atoms with Gasteiger partial charge in [-0.25, -0.2) is 4.79 Å². The summed E-state index contributed by atoms with van der Waals surface area (Å²) in [4.78, 5) is 14.4. The number of unbranched alkanes of at least 4 members (excludes halogenated alkanes) is 5. The van der Waals surface area contributed by atoms with Crippen LogP contribution in [0.15, 0.2) is 48.5 Å². The third kappa shape index (κ3) is 11.5. The minimum Gasteiger partial charge on any atom is -0.464 e. The van der Waals surface area contributed by atoms with Crippen molar-refractivity contribution < 1.29 is 14.6 Å². The van der Waals surface area contributed by atoms with Gasteiger partial charge in [-0.1, -0.05) is 68.8 Å². The molecule has 1 heterocycles. The van der Waals surface area contributed by atoms with Crippen LogP contribution >= 0.6 is 11.6 Å². The van der Waals surface area contributed by atoms with E-state index in [-0.39, 0.29) is 6.03 Å². The molecule has 0 aromatic heterocycles. The summed E-state index contributed by atoms with van der Waals surface area (Å²) in [7, 11) is 0. The van der Waals surface area contributed by atoms with Crippen LogP contribution in [-0.2, 0) is 6.42 Å². The molecule has 38 heavy (non-hydrogen) atoms. The second-order valence-corrected chi connectivity index (χ2v) is 10.5. The molecule has 0 saturated carbocycles. The highest BCUT2D eigenvalue weighted by molar-refractivity contribution is 6.30. The summed E-state index contributed by atoms with van der Waals surface area (Å²) in [5.74, 6) is 0.548. The molecule has 2 amide bonds. The van der Waals surface area contributed by atoms with Gasteiger partial charge in [0.1, 0.15) is 5.75 Å². The molecule has 0 aliphatic carbocycles. The molecule has 0 radical (unpaired) electrons. The molecule has 2 aromatic rings. The van der Waals surface area contributed by atoms with Crippen LogP contribution in [0.5, 0.6) is 5.75 Å². The van der Waals surface area contributed by atoms with Gasteiger partial charge >= 0.3 is 6.03 Å². The maximum atomic E-state index is 12.4. The predicted octanol–water partition coefficient (Wildman–Crippen LogP) is 5.82. The first kappa shape index (κ1) is 30.1. The number of likely N-dealkylation sites (tertiary alicyclic amines) is 1. The second-order valence-electron chi connectivity index (χ2n) is 10.1. The Morgan fingerprint density at radius 2 is 1.79 bits per heavy atom. The lowest BCUT2D eigenvalue weighted by Gasteiger charge is -2.33. The highest BCUT2D eigenvalue weighted by Crippen LogP contribution is 2.19. The van der Waals surface area contributed by atoms with Crippen molar-refractivity contribution in [1.82, 2.24) is 15.5 Å². The Bertz CT molecular complexity index is 935. The Morgan fingerprint density at radius 1 is 1.05 bits per heavy atom. The summed E-state index contributed by atoms with van der Waals surface area (Å²) in [6, 6.07) is 16.0. The van der Waals surface area contributed by atoms with Gasteiger partial charge in [-0.15, -0.1) is 0 Å². The van der Waals surface area contributed by atoms with Gasteiger partial charge in [-0.3, -0.25) is 0 Å². The van der Waals surface area contributed by atoms with E-state index >= 15 is 0 Å². The molecule has 0 bridgehead atoms. The van der Waals surface area contributed by atoms with Gasteiger partial charge in [0.25, 0.3) is 0 Å². The smallest absolute Gasteiger partial charge is 0.317 e. The molecule has 1 saturated heterocycles. The van der Waals surface area contributed by atoms with E-state index in [1.807, 2.05) is 4.90 Å². The van der Waals surface area contributed by atoms with Gasteiger partial charge in [-0.2, -0.15) is 0 Å². The number of carbonyl (C=O) groups is 1. The average molecular weight is 545 g/mol. The first-order valence-corrected chi connectivity index (χ1v) is 14.6. The number of benzene rings is 2. The van der Waals surface area contributed by atoms with Crippen molar-refractivity contribution in [2.75, 3.05) is 38.0 Å². The zero-order valence-corrected chi connectivity index (χ0v) is 23.5. The highest BCUT2D eigenvalue weighted by Gasteiger charge is 2.22. The van der Waals surface area contributed by atoms with E-state index in [4.69, 9.17) is 16.3 Å². The minimum atomic E-state index is -0.933. The SMILES string of the molecule is CCCCCCCCNC(=O)N1CCC(Nc2ccc(CCNC[C@H](O)Oc3cccc(Cl)c3)cc2)CC1. The standard InChI is InChI=1S/C30H45ClN4O3/c1-2-3-4-5-6-7-18-33-30(37)35-20-16-27(17-21-35)34-26-13-11-24(12-14-26)15-19-32-23-29(36)38-28-10-8-9-25(31)22-28/h8-14,22,27,29,32,34,36H,2-7,15-21,23H2,1H3,(H,33,37)/t29-/m1/s1. The number of carbonyl (C=O) groups excluding carboxylic acids is 1. The summed E-state index contributed by atoms with van der Waals surface area (Å²) < 4.78 is 5.47. The zero-order chi connectivity index (χ0) is 27.0. The van der Waals surface area contributed by atoms with Gasteiger partial charge in [-0.05, 0) is 68.1 Å². The van der Waals surface area contributed by atoms with E-state index < -0.39 is 6.29 Å². The summed E-state index contributed by atoms with van der Waals surface area (Å²) in [5, 5.41) is 20.6. The molecule has 7 nitrogen and oxygen atoms in total. The van der Waals surface area contributed by atoms with E-state index in [1.54, 1.807) is 24.3 Å². The highest BCUT2D eigenvalue weighted by atomic mass is 35.5. The van der Waals surface area contributed by atoms with Crippen LogP contribution in [0.25, 0.3) is 0 Å². The summed E-state index contributed by atoms with van der Waals surface area (Å²) >= 11 is 5.94. The summed E-state index contributed by atoms with van der Waals surface area (Å²) in [6.45, 7) is 5.66. The number of piperidine rings is 1. The quantitative estimate of drug-likeness (QED) is 0.158. The van der Waals surface area contributed by atoms with E-state index in [2.05, 4.69) is 47.1 Å². The number of hydrogen-bond donors (Lipinski definition) is 4. The Labute approximate surface area is 233 Å². The van der Waals surface area contributed by atoms with Crippen molar-refractivity contribution in [1.29, 1.82) is 0 Å². The maximum Gasteiger partial charge on any atom is 0.317 e. The number of hydrogen-bond acceptors (Lipinski definition) is 5. The fraction of sp³-hybridized carbons (Fsp3) is 0.567. The number of anilines is 1. The summed E-state index contributed by atoms with van der Waals surface area (Å²) in [5.41, 5.74) is 2.34. The van der Waals surface area contributed by atoms with Crippen LogP contribution in [0.2, 0.25) is 5.02 Å². The predicted molar refractivity (Wildman–Crippen MR) is 156 cm³/mol. The Kier molecular flexibility index (Phi) is 13.6. The number of nitrogens with one attached hydrogen (secondary N) is 3. The Morgan fingerprint density at radius 3 is 2.53 bits per heavy atom. The van der Waals surface area contributed by atoms with Gasteiger partial charge < -0.3 is 30.7 Å². The van der Waals surface area contributed by atoms with Crippen molar-refractivity contribution in [3.8, 4) is 5.75 Å². The molecule has 1 aliphatic heterocycles. The molecular formula is C30H45ClN4O3. The van der Waals surface area contributed by atoms with Gasteiger partial charge in [0.15, 0.2) is 0 Å². The molecule has 2 aromatic carbocycles. The van der Waals surface area contributed by atoms with Crippen molar-refractivity contribution in [2.45, 2.75) is 77.0 Å². The first-order chi connectivity index (χ1) is 18.5. The van der Waals surface area contributed by atoms with Crippen molar-refractivity contribution in [3.63, 3.8) is 0 Å². The summed E-state index contributed by atoms with van der Waals surface area (Å²) in [6.07, 6.45) is 9.25. The lowest BCUT2D eigenvalue weighted by Crippen LogP contribution is -2.47. The van der Waals surface area contributed by atoms with Crippen LogP contribution in [-0.4, -0.2) is 61.1 Å². The molecule has 0 spiro atoms. The van der Waals surface area contributed by atoms with Crippen molar-refractivity contribution in [3.05, 3.63) is 59.1 Å². The molecule has 1 fully saturated rings. The number of nitrogens with zero attached hydrogens (tertiary/aromatic N) is 1. The molecule has 1 atom stereocenters. The van der Waals surface area contributed by atoms with Crippen LogP contribution in [0.4, 0.5) is 10.5 Å². The number of aliphatic hydroxyl groups excluding tert-OH is 1. The minimum absolute atomic E-state index is 0.0820. The Balaban J connectivity index is 1.25. The Hall–Kier alpha value is -2.48. The van der Waals surface area contributed by atoms with Gasteiger partial charge in [0.2, 0.25) is 6.29 Å². The molecule has 1 aliphatic rings. The normalized spacial score (nSPS) is 14.8. The molecule has 210 valence electrons. The maximum absolute atomic E-state index is 12.4. The van der Waals surface area contributed by atoms with E-state index in [1.165, 1.54) is 37.7 Å². The van der Waals surface area contributed by atoms with E-state index in [0.29, 0.717) is 23.4 Å². The molecule has 0 unspecified atom stereocenters. The second kappa shape index (κ2) is 17.2. The topological polar surface area (TPSA) is 85.9 Å². The van der Waals surface area contributed by atoms with E-state index in [9.17, 15) is 9.90 Å². The monoisotopic (exact) mass is 544 g/mol. The number of aliphatic hydroxyl groups is 1. The van der Waals surface area contributed by atoms with Gasteiger partial charge in [0, 0.05) is 36.4 Å². The lowest BCUT2D eigenvalue weighted by molar-refractivity contribution is -0.0149. The number of ether oxygens (including phenoxy) is 1. The fourth-order valence-corrected chi connectivity index (χ4v) is 4.82. The van der Waals surface area contributed by atoms with Crippen molar-refractivity contribution >= 4 is 23.3 Å². The van der Waals surface area contributed by atoms with Gasteiger partial charge in [0.05, 0.1) is 6.54 Å². The molecule has 4 N–H and O–H groups in total. The van der Waals surface area contributed by atoms with Crippen molar-refractivity contribution in [2.24, 2.45) is 0 Å². The average Bonchev–Trinajstić information content (AvgIpc) is 2.92. The number of halogens is 1. The lowest BCUT2D eigenvalue weighted by atomic mass is 10.0. The van der Waals surface area contributed by atoms with Crippen LogP contribution in [0.1, 0.15) is 63.9 Å². The number of rotatable bonds is 16. The van der Waals surface area contributed by atoms with Crippen LogP contribution in [0.3, 0.4) is 0 Å². The fourth-order valence-electron chi connectivity index (χ4n) is 4.64. The third-order valence-corrected chi connectivity index (χ3v) is 7.13. The first-order valence-electron chi connectivity index (χ1n) is 14.2. The largest absolute Gasteiger partial charge is 0.464 e. The van der Waals surface area contributed by atoms with Crippen LogP contribution in [0, 0.1) is 0 Å². The molecular weight excluding hydrogens is 500 g/mol.